The molecular weight excluding hydrogens is 288 g/mol. The summed E-state index contributed by atoms with van der Waals surface area (Å²) in [6.07, 6.45) is 1.34. The van der Waals surface area contributed by atoms with Gasteiger partial charge >= 0.3 is 6.03 Å². The lowest BCUT2D eigenvalue weighted by atomic mass is 9.93. The molecular formula is C19H20N2O2. The van der Waals surface area contributed by atoms with Crippen LogP contribution in [0.1, 0.15) is 24.5 Å². The average Bonchev–Trinajstić information content (AvgIpc) is 2.79. The van der Waals surface area contributed by atoms with Crippen LogP contribution in [0.5, 0.6) is 0 Å². The zero-order chi connectivity index (χ0) is 16.3. The molecule has 0 aliphatic carbocycles. The van der Waals surface area contributed by atoms with Crippen LogP contribution in [0, 0.1) is 0 Å². The Morgan fingerprint density at radius 1 is 0.913 bits per heavy atom. The smallest absolute Gasteiger partial charge is 0.323 e. The molecule has 2 aromatic rings. The van der Waals surface area contributed by atoms with Crippen LogP contribution < -0.4 is 5.32 Å². The van der Waals surface area contributed by atoms with Crippen molar-refractivity contribution >= 4 is 11.9 Å². The number of hydrogen-bond donors (Lipinski definition) is 1. The van der Waals surface area contributed by atoms with E-state index in [1.807, 2.05) is 60.7 Å². The van der Waals surface area contributed by atoms with Crippen molar-refractivity contribution in [1.82, 2.24) is 10.2 Å². The second-order valence-electron chi connectivity index (χ2n) is 6.12. The first-order valence-corrected chi connectivity index (χ1v) is 7.80. The number of hydrogen-bond acceptors (Lipinski definition) is 2. The van der Waals surface area contributed by atoms with Crippen LogP contribution in [0.2, 0.25) is 0 Å². The number of nitrogens with one attached hydrogen (secondary N) is 1. The number of urea groups is 1. The second kappa shape index (κ2) is 6.24. The zero-order valence-electron chi connectivity index (χ0n) is 13.2. The largest absolute Gasteiger partial charge is 0.325 e. The van der Waals surface area contributed by atoms with Gasteiger partial charge in [0.2, 0.25) is 0 Å². The summed E-state index contributed by atoms with van der Waals surface area (Å²) in [5.74, 6) is -0.151. The number of nitrogens with zero attached hydrogens (tertiary/aromatic N) is 1. The van der Waals surface area contributed by atoms with Gasteiger partial charge in [0, 0.05) is 0 Å². The van der Waals surface area contributed by atoms with E-state index in [2.05, 4.69) is 5.32 Å². The summed E-state index contributed by atoms with van der Waals surface area (Å²) in [5.41, 5.74) is 1.28. The highest BCUT2D eigenvalue weighted by Crippen LogP contribution is 2.24. The molecule has 118 valence electrons. The minimum Gasteiger partial charge on any atom is -0.323 e. The Balaban J connectivity index is 1.69. The lowest BCUT2D eigenvalue weighted by molar-refractivity contribution is -0.131. The maximum absolute atomic E-state index is 12.7. The van der Waals surface area contributed by atoms with Crippen molar-refractivity contribution in [2.75, 3.05) is 0 Å². The molecule has 2 aromatic carbocycles. The molecule has 4 heteroatoms. The molecule has 3 rings (SSSR count). The highest BCUT2D eigenvalue weighted by molar-refractivity contribution is 6.06. The number of amides is 3. The van der Waals surface area contributed by atoms with Crippen molar-refractivity contribution in [3.8, 4) is 0 Å². The molecule has 0 bridgehead atoms. The first kappa shape index (κ1) is 15.3. The molecule has 0 unspecified atom stereocenters. The van der Waals surface area contributed by atoms with Gasteiger partial charge in [-0.15, -0.1) is 0 Å². The Kier molecular flexibility index (Phi) is 4.15. The Morgan fingerprint density at radius 3 is 2.09 bits per heavy atom. The van der Waals surface area contributed by atoms with Gasteiger partial charge in [-0.25, -0.2) is 4.79 Å². The number of carbonyl (C=O) groups is 2. The summed E-state index contributed by atoms with van der Waals surface area (Å²) in [7, 11) is 0. The van der Waals surface area contributed by atoms with Crippen LogP contribution >= 0.6 is 0 Å². The molecule has 0 aromatic heterocycles. The standard InChI is InChI=1S/C19H20N2O2/c1-19(13-12-15-8-4-2-5-9-15)17(22)21(18(23)20-19)14-16-10-6-3-7-11-16/h2-11H,12-14H2,1H3,(H,20,23)/t19-/m0/s1. The van der Waals surface area contributed by atoms with Crippen LogP contribution in [0.15, 0.2) is 60.7 Å². The van der Waals surface area contributed by atoms with Gasteiger partial charge in [-0.1, -0.05) is 60.7 Å². The SMILES string of the molecule is C[C@@]1(CCc2ccccc2)NC(=O)N(Cc2ccccc2)C1=O. The first-order valence-electron chi connectivity index (χ1n) is 7.80. The number of rotatable bonds is 5. The van der Waals surface area contributed by atoms with Crippen LogP contribution in [-0.4, -0.2) is 22.4 Å². The quantitative estimate of drug-likeness (QED) is 0.863. The van der Waals surface area contributed by atoms with Gasteiger partial charge in [-0.3, -0.25) is 9.69 Å². The Morgan fingerprint density at radius 2 is 1.48 bits per heavy atom. The van der Waals surface area contributed by atoms with Gasteiger partial charge in [0.05, 0.1) is 6.54 Å². The predicted octanol–water partition coefficient (Wildman–Crippen LogP) is 3.13. The van der Waals surface area contributed by atoms with Crippen molar-refractivity contribution in [2.45, 2.75) is 31.8 Å². The number of imide groups is 1. The van der Waals surface area contributed by atoms with E-state index in [9.17, 15) is 9.59 Å². The summed E-state index contributed by atoms with van der Waals surface area (Å²) in [5, 5.41) is 2.86. The van der Waals surface area contributed by atoms with E-state index in [1.54, 1.807) is 6.92 Å². The number of carbonyl (C=O) groups excluding carboxylic acids is 2. The van der Waals surface area contributed by atoms with Crippen molar-refractivity contribution < 1.29 is 9.59 Å². The fraction of sp³-hybridized carbons (Fsp3) is 0.263. The van der Waals surface area contributed by atoms with Gasteiger partial charge in [-0.2, -0.15) is 0 Å². The minimum absolute atomic E-state index is 0.151. The molecule has 4 nitrogen and oxygen atoms in total. The number of benzene rings is 2. The fourth-order valence-corrected chi connectivity index (χ4v) is 2.87. The Labute approximate surface area is 136 Å². The lowest BCUT2D eigenvalue weighted by Gasteiger charge is -2.21. The van der Waals surface area contributed by atoms with Crippen LogP contribution in [-0.2, 0) is 17.8 Å². The molecule has 3 amide bonds. The zero-order valence-corrected chi connectivity index (χ0v) is 13.2. The van der Waals surface area contributed by atoms with Crippen molar-refractivity contribution in [3.05, 3.63) is 71.8 Å². The maximum Gasteiger partial charge on any atom is 0.325 e. The molecule has 1 heterocycles. The summed E-state index contributed by atoms with van der Waals surface area (Å²) in [6.45, 7) is 2.12. The van der Waals surface area contributed by atoms with E-state index in [0.29, 0.717) is 13.0 Å². The average molecular weight is 308 g/mol. The van der Waals surface area contributed by atoms with E-state index in [0.717, 1.165) is 17.5 Å². The monoisotopic (exact) mass is 308 g/mol. The van der Waals surface area contributed by atoms with Crippen LogP contribution in [0.3, 0.4) is 0 Å². The maximum atomic E-state index is 12.7. The number of aryl methyl sites for hydroxylation is 1. The predicted molar refractivity (Wildman–Crippen MR) is 88.7 cm³/mol. The molecule has 1 aliphatic rings. The lowest BCUT2D eigenvalue weighted by Crippen LogP contribution is -2.44. The second-order valence-corrected chi connectivity index (χ2v) is 6.12. The first-order chi connectivity index (χ1) is 11.1. The Hall–Kier alpha value is -2.62. The summed E-state index contributed by atoms with van der Waals surface area (Å²) in [4.78, 5) is 26.2. The molecule has 1 N–H and O–H groups in total. The van der Waals surface area contributed by atoms with Crippen molar-refractivity contribution in [1.29, 1.82) is 0 Å². The van der Waals surface area contributed by atoms with Gasteiger partial charge in [-0.05, 0) is 30.9 Å². The molecule has 0 saturated carbocycles. The normalized spacial score (nSPS) is 20.7. The summed E-state index contributed by atoms with van der Waals surface area (Å²) < 4.78 is 0. The van der Waals surface area contributed by atoms with E-state index in [-0.39, 0.29) is 11.9 Å². The van der Waals surface area contributed by atoms with E-state index in [4.69, 9.17) is 0 Å². The van der Waals surface area contributed by atoms with Crippen molar-refractivity contribution in [3.63, 3.8) is 0 Å². The minimum atomic E-state index is -0.832. The summed E-state index contributed by atoms with van der Waals surface area (Å²) in [6, 6.07) is 19.2. The van der Waals surface area contributed by atoms with Gasteiger partial charge in [0.15, 0.2) is 0 Å². The third-order valence-electron chi connectivity index (χ3n) is 4.29. The summed E-state index contributed by atoms with van der Waals surface area (Å²) >= 11 is 0. The molecule has 23 heavy (non-hydrogen) atoms. The van der Waals surface area contributed by atoms with E-state index >= 15 is 0 Å². The van der Waals surface area contributed by atoms with Gasteiger partial charge in [0.1, 0.15) is 5.54 Å². The molecule has 0 spiro atoms. The highest BCUT2D eigenvalue weighted by Gasteiger charge is 2.47. The third kappa shape index (κ3) is 3.26. The molecule has 0 radical (unpaired) electrons. The molecule has 1 aliphatic heterocycles. The fourth-order valence-electron chi connectivity index (χ4n) is 2.87. The van der Waals surface area contributed by atoms with Gasteiger partial charge < -0.3 is 5.32 Å². The Bertz CT molecular complexity index is 700. The van der Waals surface area contributed by atoms with E-state index in [1.165, 1.54) is 4.90 Å². The van der Waals surface area contributed by atoms with Crippen LogP contribution in [0.4, 0.5) is 4.79 Å². The molecule has 1 atom stereocenters. The highest BCUT2D eigenvalue weighted by atomic mass is 16.2. The van der Waals surface area contributed by atoms with Gasteiger partial charge in [0.25, 0.3) is 5.91 Å². The van der Waals surface area contributed by atoms with Crippen molar-refractivity contribution in [2.24, 2.45) is 0 Å². The topological polar surface area (TPSA) is 49.4 Å². The van der Waals surface area contributed by atoms with Crippen LogP contribution in [0.25, 0.3) is 0 Å². The third-order valence-corrected chi connectivity index (χ3v) is 4.29. The van der Waals surface area contributed by atoms with E-state index < -0.39 is 5.54 Å². The molecule has 1 saturated heterocycles. The molecule has 1 fully saturated rings.